The Balaban J connectivity index is 2.19. The molecule has 124 valence electrons. The number of ether oxygens (including phenoxy) is 1. The standard InChI is InChI=1S/C11H17N3O7S/c1-5-3-12-11(17)14-9(5)13-10-7(16)8(6(4-15)20-10)21-22(2,18)19/h3,6-8,10,15-16H,4H2,1-2H3,(H2,12,13,14,17)/t6-,7-,8+,10-/m1/s1. The summed E-state index contributed by atoms with van der Waals surface area (Å²) in [5, 5.41) is 22.1. The number of hydrogen-bond acceptors (Lipinski definition) is 9. The first-order valence-corrected chi connectivity index (χ1v) is 8.18. The smallest absolute Gasteiger partial charge is 0.346 e. The van der Waals surface area contributed by atoms with E-state index in [0.717, 1.165) is 6.26 Å². The van der Waals surface area contributed by atoms with Crippen LogP contribution in [0.3, 0.4) is 0 Å². The number of aliphatic hydroxyl groups excluding tert-OH is 2. The van der Waals surface area contributed by atoms with E-state index < -0.39 is 47.0 Å². The average molecular weight is 335 g/mol. The molecule has 0 spiro atoms. The lowest BCUT2D eigenvalue weighted by molar-refractivity contribution is -0.00723. The lowest BCUT2D eigenvalue weighted by atomic mass is 10.1. The van der Waals surface area contributed by atoms with Crippen LogP contribution in [0, 0.1) is 6.92 Å². The van der Waals surface area contributed by atoms with E-state index in [4.69, 9.17) is 8.92 Å². The fourth-order valence-electron chi connectivity index (χ4n) is 2.08. The van der Waals surface area contributed by atoms with Gasteiger partial charge < -0.3 is 20.3 Å². The monoisotopic (exact) mass is 335 g/mol. The van der Waals surface area contributed by atoms with Gasteiger partial charge in [-0.3, -0.25) is 9.17 Å². The molecule has 0 saturated carbocycles. The zero-order valence-corrected chi connectivity index (χ0v) is 12.7. The molecule has 0 radical (unpaired) electrons. The molecule has 1 aromatic heterocycles. The number of H-pyrrole nitrogens is 1. The van der Waals surface area contributed by atoms with E-state index in [-0.39, 0.29) is 5.82 Å². The van der Waals surface area contributed by atoms with Crippen molar-refractivity contribution in [1.29, 1.82) is 0 Å². The van der Waals surface area contributed by atoms with E-state index in [0.29, 0.717) is 5.56 Å². The molecule has 11 heteroatoms. The Morgan fingerprint density at radius 1 is 1.55 bits per heavy atom. The second-order valence-corrected chi connectivity index (χ2v) is 6.52. The van der Waals surface area contributed by atoms with Gasteiger partial charge in [0.15, 0.2) is 6.23 Å². The normalized spacial score (nSPS) is 28.7. The largest absolute Gasteiger partial charge is 0.394 e. The number of aromatic amines is 1. The van der Waals surface area contributed by atoms with Crippen molar-refractivity contribution in [2.24, 2.45) is 0 Å². The SMILES string of the molecule is Cc1cnc(=O)[nH]c1N[C@@H]1O[C@H](CO)[C@H](OS(C)(=O)=O)[C@H]1O. The second-order valence-electron chi connectivity index (χ2n) is 4.92. The van der Waals surface area contributed by atoms with Crippen molar-refractivity contribution in [3.8, 4) is 0 Å². The number of aliphatic hydroxyl groups is 2. The highest BCUT2D eigenvalue weighted by Crippen LogP contribution is 2.26. The number of hydrogen-bond donors (Lipinski definition) is 4. The number of anilines is 1. The summed E-state index contributed by atoms with van der Waals surface area (Å²) in [6.07, 6.45) is -2.57. The van der Waals surface area contributed by atoms with Crippen LogP contribution in [-0.4, -0.2) is 66.0 Å². The van der Waals surface area contributed by atoms with E-state index in [9.17, 15) is 23.4 Å². The minimum absolute atomic E-state index is 0.265. The van der Waals surface area contributed by atoms with Crippen molar-refractivity contribution in [3.63, 3.8) is 0 Å². The molecule has 1 aliphatic heterocycles. The van der Waals surface area contributed by atoms with Gasteiger partial charge in [0.1, 0.15) is 24.1 Å². The van der Waals surface area contributed by atoms with Crippen LogP contribution in [0.25, 0.3) is 0 Å². The van der Waals surface area contributed by atoms with Crippen molar-refractivity contribution < 1.29 is 27.6 Å². The first-order chi connectivity index (χ1) is 10.2. The third-order valence-corrected chi connectivity index (χ3v) is 3.66. The van der Waals surface area contributed by atoms with Gasteiger partial charge in [0.05, 0.1) is 12.9 Å². The molecular weight excluding hydrogens is 318 g/mol. The van der Waals surface area contributed by atoms with Gasteiger partial charge in [-0.2, -0.15) is 8.42 Å². The van der Waals surface area contributed by atoms with Gasteiger partial charge in [-0.15, -0.1) is 0 Å². The molecule has 1 saturated heterocycles. The molecule has 2 rings (SSSR count). The van der Waals surface area contributed by atoms with Gasteiger partial charge in [0.2, 0.25) is 0 Å². The molecule has 4 atom stereocenters. The molecule has 0 amide bonds. The topological polar surface area (TPSA) is 151 Å². The van der Waals surface area contributed by atoms with Gasteiger partial charge in [-0.1, -0.05) is 0 Å². The molecule has 4 N–H and O–H groups in total. The quantitative estimate of drug-likeness (QED) is 0.444. The molecule has 0 bridgehead atoms. The maximum Gasteiger partial charge on any atom is 0.346 e. The molecule has 10 nitrogen and oxygen atoms in total. The van der Waals surface area contributed by atoms with E-state index in [1.165, 1.54) is 6.20 Å². The maximum atomic E-state index is 11.2. The van der Waals surface area contributed by atoms with Crippen LogP contribution in [0.4, 0.5) is 5.82 Å². The molecule has 1 aromatic rings. The molecule has 22 heavy (non-hydrogen) atoms. The second kappa shape index (κ2) is 6.30. The lowest BCUT2D eigenvalue weighted by Gasteiger charge is -2.19. The van der Waals surface area contributed by atoms with E-state index >= 15 is 0 Å². The summed E-state index contributed by atoms with van der Waals surface area (Å²) < 4.78 is 32.5. The van der Waals surface area contributed by atoms with Crippen LogP contribution in [0.15, 0.2) is 11.0 Å². The summed E-state index contributed by atoms with van der Waals surface area (Å²) in [5.74, 6) is 0.265. The van der Waals surface area contributed by atoms with E-state index in [1.807, 2.05) is 0 Å². The van der Waals surface area contributed by atoms with Crippen LogP contribution >= 0.6 is 0 Å². The fraction of sp³-hybridized carbons (Fsp3) is 0.636. The van der Waals surface area contributed by atoms with E-state index in [1.54, 1.807) is 6.92 Å². The van der Waals surface area contributed by atoms with Crippen LogP contribution < -0.4 is 11.0 Å². The first kappa shape index (κ1) is 16.8. The Labute approximate surface area is 126 Å². The Morgan fingerprint density at radius 2 is 2.23 bits per heavy atom. The predicted molar refractivity (Wildman–Crippen MR) is 74.7 cm³/mol. The van der Waals surface area contributed by atoms with Gasteiger partial charge >= 0.3 is 5.69 Å². The fourth-order valence-corrected chi connectivity index (χ4v) is 2.72. The molecule has 1 aliphatic rings. The van der Waals surface area contributed by atoms with Crippen LogP contribution in [-0.2, 0) is 19.0 Å². The number of rotatable bonds is 5. The summed E-state index contributed by atoms with van der Waals surface area (Å²) in [4.78, 5) is 17.2. The number of nitrogens with zero attached hydrogens (tertiary/aromatic N) is 1. The Kier molecular flexibility index (Phi) is 4.82. The molecular formula is C11H17N3O7S. The molecule has 2 heterocycles. The minimum Gasteiger partial charge on any atom is -0.394 e. The van der Waals surface area contributed by atoms with Crippen molar-refractivity contribution in [2.75, 3.05) is 18.2 Å². The third kappa shape index (κ3) is 3.81. The summed E-state index contributed by atoms with van der Waals surface area (Å²) in [7, 11) is -3.84. The summed E-state index contributed by atoms with van der Waals surface area (Å²) in [6, 6.07) is 0. The number of aryl methyl sites for hydroxylation is 1. The number of nitrogens with one attached hydrogen (secondary N) is 2. The van der Waals surface area contributed by atoms with Crippen molar-refractivity contribution in [3.05, 3.63) is 22.2 Å². The van der Waals surface area contributed by atoms with Crippen LogP contribution in [0.1, 0.15) is 5.56 Å². The maximum absolute atomic E-state index is 11.2. The highest BCUT2D eigenvalue weighted by atomic mass is 32.2. The average Bonchev–Trinajstić information content (AvgIpc) is 2.70. The Hall–Kier alpha value is -1.53. The Morgan fingerprint density at radius 3 is 2.82 bits per heavy atom. The lowest BCUT2D eigenvalue weighted by Crippen LogP contribution is -2.40. The number of aromatic nitrogens is 2. The van der Waals surface area contributed by atoms with Crippen molar-refractivity contribution >= 4 is 15.9 Å². The van der Waals surface area contributed by atoms with Gasteiger partial charge in [-0.25, -0.2) is 9.78 Å². The highest BCUT2D eigenvalue weighted by molar-refractivity contribution is 7.86. The highest BCUT2D eigenvalue weighted by Gasteiger charge is 2.46. The van der Waals surface area contributed by atoms with Crippen LogP contribution in [0.5, 0.6) is 0 Å². The molecule has 0 aliphatic carbocycles. The predicted octanol–water partition coefficient (Wildman–Crippen LogP) is -2.09. The molecule has 0 aromatic carbocycles. The minimum atomic E-state index is -3.84. The summed E-state index contributed by atoms with van der Waals surface area (Å²) in [5.41, 5.74) is -0.00772. The molecule has 0 unspecified atom stereocenters. The summed E-state index contributed by atoms with van der Waals surface area (Å²) >= 11 is 0. The van der Waals surface area contributed by atoms with Crippen molar-refractivity contribution in [1.82, 2.24) is 9.97 Å². The third-order valence-electron chi connectivity index (χ3n) is 3.09. The van der Waals surface area contributed by atoms with Gasteiger partial charge in [-0.05, 0) is 6.92 Å². The van der Waals surface area contributed by atoms with Crippen LogP contribution in [0.2, 0.25) is 0 Å². The molecule has 1 fully saturated rings. The van der Waals surface area contributed by atoms with Gasteiger partial charge in [0.25, 0.3) is 10.1 Å². The first-order valence-electron chi connectivity index (χ1n) is 6.36. The Bertz CT molecular complexity index is 689. The summed E-state index contributed by atoms with van der Waals surface area (Å²) in [6.45, 7) is 1.13. The van der Waals surface area contributed by atoms with Gasteiger partial charge in [0, 0.05) is 11.8 Å². The van der Waals surface area contributed by atoms with E-state index in [2.05, 4.69) is 15.3 Å². The zero-order chi connectivity index (χ0) is 16.5. The van der Waals surface area contributed by atoms with Crippen molar-refractivity contribution in [2.45, 2.75) is 31.5 Å². The zero-order valence-electron chi connectivity index (χ0n) is 11.9.